The van der Waals surface area contributed by atoms with Crippen LogP contribution in [-0.2, 0) is 0 Å². The van der Waals surface area contributed by atoms with Crippen LogP contribution in [0.4, 0.5) is 0 Å². The minimum atomic E-state index is -0.266. The van der Waals surface area contributed by atoms with E-state index in [1.54, 1.807) is 18.2 Å². The van der Waals surface area contributed by atoms with Crippen molar-refractivity contribution in [3.63, 3.8) is 0 Å². The van der Waals surface area contributed by atoms with Gasteiger partial charge in [0.2, 0.25) is 5.75 Å². The van der Waals surface area contributed by atoms with Crippen LogP contribution in [0.1, 0.15) is 0 Å². The highest BCUT2D eigenvalue weighted by Crippen LogP contribution is 2.35. The first kappa shape index (κ1) is 13.1. The monoisotopic (exact) mass is 284 g/mol. The molecule has 21 heavy (non-hydrogen) atoms. The largest absolute Gasteiger partial charge is 0.508 e. The SMILES string of the molecule is COc1ccc2c(=O)cc(-c3ccc(O)cc3)oc2c1O. The molecule has 0 amide bonds. The van der Waals surface area contributed by atoms with E-state index in [1.807, 2.05) is 0 Å². The lowest BCUT2D eigenvalue weighted by atomic mass is 10.1. The first-order chi connectivity index (χ1) is 10.1. The molecule has 1 heterocycles. The van der Waals surface area contributed by atoms with Crippen molar-refractivity contribution < 1.29 is 19.4 Å². The molecule has 0 saturated carbocycles. The first-order valence-corrected chi connectivity index (χ1v) is 6.23. The molecule has 2 N–H and O–H groups in total. The summed E-state index contributed by atoms with van der Waals surface area (Å²) in [6.07, 6.45) is 0. The molecule has 0 radical (unpaired) electrons. The third kappa shape index (κ3) is 2.18. The zero-order valence-corrected chi connectivity index (χ0v) is 11.2. The number of hydrogen-bond acceptors (Lipinski definition) is 5. The lowest BCUT2D eigenvalue weighted by Gasteiger charge is -2.07. The zero-order chi connectivity index (χ0) is 15.0. The molecule has 1 aromatic heterocycles. The Morgan fingerprint density at radius 1 is 1.05 bits per heavy atom. The van der Waals surface area contributed by atoms with Crippen LogP contribution in [0.5, 0.6) is 17.2 Å². The van der Waals surface area contributed by atoms with Gasteiger partial charge < -0.3 is 19.4 Å². The highest BCUT2D eigenvalue weighted by Gasteiger charge is 2.14. The van der Waals surface area contributed by atoms with Crippen molar-refractivity contribution in [1.29, 1.82) is 0 Å². The molecule has 3 aromatic rings. The van der Waals surface area contributed by atoms with Crippen molar-refractivity contribution in [3.8, 4) is 28.6 Å². The smallest absolute Gasteiger partial charge is 0.202 e. The fourth-order valence-corrected chi connectivity index (χ4v) is 2.12. The predicted molar refractivity (Wildman–Crippen MR) is 77.8 cm³/mol. The third-order valence-corrected chi connectivity index (χ3v) is 3.21. The fraction of sp³-hybridized carbons (Fsp3) is 0.0625. The molecule has 0 aliphatic carbocycles. The summed E-state index contributed by atoms with van der Waals surface area (Å²) in [6.45, 7) is 0. The number of fused-ring (bicyclic) bond motifs is 1. The van der Waals surface area contributed by atoms with Crippen LogP contribution in [0.3, 0.4) is 0 Å². The summed E-state index contributed by atoms with van der Waals surface area (Å²) in [5.41, 5.74) is 0.427. The van der Waals surface area contributed by atoms with E-state index in [0.717, 1.165) is 0 Å². The van der Waals surface area contributed by atoms with E-state index in [4.69, 9.17) is 9.15 Å². The van der Waals surface area contributed by atoms with Crippen LogP contribution in [0.25, 0.3) is 22.3 Å². The Balaban J connectivity index is 2.28. The number of aromatic hydroxyl groups is 2. The van der Waals surface area contributed by atoms with Crippen molar-refractivity contribution in [2.24, 2.45) is 0 Å². The number of phenolic OH excluding ortho intramolecular Hbond substituents is 2. The van der Waals surface area contributed by atoms with Crippen molar-refractivity contribution in [2.45, 2.75) is 0 Å². The Kier molecular flexibility index (Phi) is 3.02. The van der Waals surface area contributed by atoms with Crippen molar-refractivity contribution in [2.75, 3.05) is 7.11 Å². The van der Waals surface area contributed by atoms with Crippen LogP contribution < -0.4 is 10.2 Å². The van der Waals surface area contributed by atoms with E-state index >= 15 is 0 Å². The first-order valence-electron chi connectivity index (χ1n) is 6.23. The van der Waals surface area contributed by atoms with Gasteiger partial charge in [0.25, 0.3) is 0 Å². The molecule has 0 fully saturated rings. The van der Waals surface area contributed by atoms with Gasteiger partial charge in [-0.3, -0.25) is 4.79 Å². The number of methoxy groups -OCH3 is 1. The van der Waals surface area contributed by atoms with Gasteiger partial charge in [-0.25, -0.2) is 0 Å². The molecular formula is C16H12O5. The number of rotatable bonds is 2. The van der Waals surface area contributed by atoms with E-state index in [0.29, 0.717) is 11.3 Å². The molecule has 0 spiro atoms. The van der Waals surface area contributed by atoms with Gasteiger partial charge in [-0.05, 0) is 36.4 Å². The average Bonchev–Trinajstić information content (AvgIpc) is 2.49. The molecule has 106 valence electrons. The number of hydrogen-bond donors (Lipinski definition) is 2. The topological polar surface area (TPSA) is 79.9 Å². The molecular weight excluding hydrogens is 272 g/mol. The van der Waals surface area contributed by atoms with E-state index < -0.39 is 0 Å². The van der Waals surface area contributed by atoms with Crippen molar-refractivity contribution in [1.82, 2.24) is 0 Å². The Labute approximate surface area is 119 Å². The van der Waals surface area contributed by atoms with Gasteiger partial charge in [-0.2, -0.15) is 0 Å². The molecule has 5 nitrogen and oxygen atoms in total. The molecule has 0 aliphatic heterocycles. The average molecular weight is 284 g/mol. The van der Waals surface area contributed by atoms with E-state index in [2.05, 4.69) is 0 Å². The highest BCUT2D eigenvalue weighted by molar-refractivity contribution is 5.86. The predicted octanol–water partition coefficient (Wildman–Crippen LogP) is 2.88. The quantitative estimate of drug-likeness (QED) is 0.756. The van der Waals surface area contributed by atoms with Crippen molar-refractivity contribution >= 4 is 11.0 Å². The molecule has 2 aromatic carbocycles. The van der Waals surface area contributed by atoms with Gasteiger partial charge >= 0.3 is 0 Å². The van der Waals surface area contributed by atoms with Crippen molar-refractivity contribution in [3.05, 3.63) is 52.7 Å². The van der Waals surface area contributed by atoms with Gasteiger partial charge in [0.05, 0.1) is 12.5 Å². The second kappa shape index (κ2) is 4.86. The highest BCUT2D eigenvalue weighted by atomic mass is 16.5. The summed E-state index contributed by atoms with van der Waals surface area (Å²) in [5.74, 6) is 0.434. The maximum Gasteiger partial charge on any atom is 0.202 e. The zero-order valence-electron chi connectivity index (χ0n) is 11.2. The minimum Gasteiger partial charge on any atom is -0.508 e. The lowest BCUT2D eigenvalue weighted by molar-refractivity contribution is 0.371. The number of phenols is 2. The Morgan fingerprint density at radius 3 is 2.43 bits per heavy atom. The van der Waals surface area contributed by atoms with Gasteiger partial charge in [-0.1, -0.05) is 0 Å². The van der Waals surface area contributed by atoms with E-state index in [9.17, 15) is 15.0 Å². The number of benzene rings is 2. The normalized spacial score (nSPS) is 10.7. The summed E-state index contributed by atoms with van der Waals surface area (Å²) in [6, 6.07) is 10.6. The number of ether oxygens (including phenoxy) is 1. The molecule has 0 aliphatic rings. The maximum absolute atomic E-state index is 12.1. The summed E-state index contributed by atoms with van der Waals surface area (Å²) >= 11 is 0. The van der Waals surface area contributed by atoms with Crippen LogP contribution in [0, 0.1) is 0 Å². The van der Waals surface area contributed by atoms with E-state index in [-0.39, 0.29) is 33.6 Å². The molecule has 0 saturated heterocycles. The lowest BCUT2D eigenvalue weighted by Crippen LogP contribution is -2.00. The minimum absolute atomic E-state index is 0.0740. The Hall–Kier alpha value is -2.95. The summed E-state index contributed by atoms with van der Waals surface area (Å²) < 4.78 is 10.6. The maximum atomic E-state index is 12.1. The molecule has 0 unspecified atom stereocenters. The second-order valence-corrected chi connectivity index (χ2v) is 4.51. The molecule has 0 bridgehead atoms. The van der Waals surface area contributed by atoms with Gasteiger partial charge in [0, 0.05) is 11.6 Å². The summed E-state index contributed by atoms with van der Waals surface area (Å²) in [4.78, 5) is 12.1. The van der Waals surface area contributed by atoms with Crippen LogP contribution in [-0.4, -0.2) is 17.3 Å². The standard InChI is InChI=1S/C16H12O5/c1-20-13-7-6-11-12(18)8-14(21-16(11)15(13)19)9-2-4-10(17)5-3-9/h2-8,17,19H,1H3. The third-order valence-electron chi connectivity index (χ3n) is 3.21. The van der Waals surface area contributed by atoms with E-state index in [1.165, 1.54) is 31.4 Å². The molecule has 0 atom stereocenters. The molecule has 3 rings (SSSR count). The Morgan fingerprint density at radius 2 is 1.76 bits per heavy atom. The van der Waals surface area contributed by atoms with Gasteiger partial charge in [0.15, 0.2) is 16.8 Å². The van der Waals surface area contributed by atoms with Crippen LogP contribution in [0.15, 0.2) is 51.7 Å². The second-order valence-electron chi connectivity index (χ2n) is 4.51. The molecule has 5 heteroatoms. The fourth-order valence-electron chi connectivity index (χ4n) is 2.12. The van der Waals surface area contributed by atoms with Gasteiger partial charge in [-0.15, -0.1) is 0 Å². The van der Waals surface area contributed by atoms with Crippen LogP contribution >= 0.6 is 0 Å². The Bertz CT molecular complexity index is 862. The summed E-state index contributed by atoms with van der Waals surface area (Å²) in [5, 5.41) is 19.7. The summed E-state index contributed by atoms with van der Waals surface area (Å²) in [7, 11) is 1.42. The van der Waals surface area contributed by atoms with Crippen LogP contribution in [0.2, 0.25) is 0 Å². The van der Waals surface area contributed by atoms with Gasteiger partial charge in [0.1, 0.15) is 11.5 Å².